The number of hydrogen-bond acceptors (Lipinski definition) is 5. The summed E-state index contributed by atoms with van der Waals surface area (Å²) in [6.07, 6.45) is 7.15. The van der Waals surface area contributed by atoms with E-state index < -0.39 is 29.6 Å². The number of rotatable bonds is 14. The highest BCUT2D eigenvalue weighted by Gasteiger charge is 2.75. The van der Waals surface area contributed by atoms with Crippen molar-refractivity contribution in [3.05, 3.63) is 85.0 Å². The highest BCUT2D eigenvalue weighted by Crippen LogP contribution is 2.59. The Hall–Kier alpha value is -3.75. The maximum atomic E-state index is 14.8. The summed E-state index contributed by atoms with van der Waals surface area (Å²) in [6, 6.07) is 14.6. The molecule has 0 saturated carbocycles. The molecular weight excluding hydrogens is 554 g/mol. The average Bonchev–Trinajstić information content (AvgIpc) is 3.67. The number of nitrogens with zero attached hydrogens (tertiary/aromatic N) is 3. The first kappa shape index (κ1) is 31.7. The number of likely N-dealkylation sites (tertiary alicyclic amines) is 1. The van der Waals surface area contributed by atoms with Crippen molar-refractivity contribution in [2.75, 3.05) is 36.0 Å². The van der Waals surface area contributed by atoms with Crippen LogP contribution in [0.15, 0.2) is 73.8 Å². The van der Waals surface area contributed by atoms with Gasteiger partial charge in [0.1, 0.15) is 11.6 Å². The van der Waals surface area contributed by atoms with Gasteiger partial charge >= 0.3 is 0 Å². The van der Waals surface area contributed by atoms with E-state index in [1.807, 2.05) is 62.4 Å². The minimum Gasteiger partial charge on any atom is -0.396 e. The molecule has 0 aromatic heterocycles. The van der Waals surface area contributed by atoms with Crippen LogP contribution in [-0.2, 0) is 19.1 Å². The molecule has 2 aromatic carbocycles. The van der Waals surface area contributed by atoms with Gasteiger partial charge in [0.25, 0.3) is 5.91 Å². The lowest BCUT2D eigenvalue weighted by Crippen LogP contribution is -2.56. The molecule has 234 valence electrons. The standard InChI is InChI=1S/C36H45N3O5/c1-5-20-37(27-14-10-9-11-15-27)33(41)30-29-18-19-36(44-29)31(30)34(42)39(22-12-7-8-13-23-40)32(36)35(43)38(21-6-2)28-24-25(3)16-17-26(28)4/h5-6,9-11,14-17,24,29-32,40H,1-2,7-8,12-13,18-23H2,3-4H3/t29-,30+,31-,32?,36?/m0/s1. The second kappa shape index (κ2) is 13.5. The van der Waals surface area contributed by atoms with Gasteiger partial charge in [-0.25, -0.2) is 0 Å². The second-order valence-electron chi connectivity index (χ2n) is 12.3. The first-order valence-corrected chi connectivity index (χ1v) is 15.8. The Labute approximate surface area is 261 Å². The number of hydrogen-bond donors (Lipinski definition) is 1. The third-order valence-electron chi connectivity index (χ3n) is 9.51. The summed E-state index contributed by atoms with van der Waals surface area (Å²) in [5.41, 5.74) is 2.41. The zero-order chi connectivity index (χ0) is 31.4. The number of ether oxygens (including phenoxy) is 1. The zero-order valence-electron chi connectivity index (χ0n) is 26.0. The number of amides is 3. The van der Waals surface area contributed by atoms with Gasteiger partial charge in [0, 0.05) is 37.6 Å². The van der Waals surface area contributed by atoms with Gasteiger partial charge in [-0.2, -0.15) is 0 Å². The summed E-state index contributed by atoms with van der Waals surface area (Å²) >= 11 is 0. The Morgan fingerprint density at radius 3 is 2.41 bits per heavy atom. The van der Waals surface area contributed by atoms with Crippen LogP contribution >= 0.6 is 0 Å². The van der Waals surface area contributed by atoms with Crippen LogP contribution in [0.25, 0.3) is 0 Å². The summed E-state index contributed by atoms with van der Waals surface area (Å²) < 4.78 is 6.74. The second-order valence-corrected chi connectivity index (χ2v) is 12.3. The molecule has 3 aliphatic heterocycles. The van der Waals surface area contributed by atoms with Crippen LogP contribution in [0.2, 0.25) is 0 Å². The third kappa shape index (κ3) is 5.61. The molecule has 8 nitrogen and oxygen atoms in total. The van der Waals surface area contributed by atoms with E-state index in [1.54, 1.807) is 26.9 Å². The molecule has 1 spiro atoms. The van der Waals surface area contributed by atoms with E-state index in [-0.39, 0.29) is 30.9 Å². The highest BCUT2D eigenvalue weighted by atomic mass is 16.5. The molecule has 8 heteroatoms. The van der Waals surface area contributed by atoms with E-state index in [1.165, 1.54) is 0 Å². The average molecular weight is 600 g/mol. The number of fused-ring (bicyclic) bond motifs is 1. The van der Waals surface area contributed by atoms with Gasteiger partial charge in [0.05, 0.1) is 17.9 Å². The van der Waals surface area contributed by atoms with Gasteiger partial charge in [-0.3, -0.25) is 14.4 Å². The molecule has 2 unspecified atom stereocenters. The van der Waals surface area contributed by atoms with Crippen molar-refractivity contribution >= 4 is 29.1 Å². The quantitative estimate of drug-likeness (QED) is 0.245. The normalized spacial score (nSPS) is 25.2. The molecule has 3 saturated heterocycles. The van der Waals surface area contributed by atoms with Crippen molar-refractivity contribution in [3.63, 3.8) is 0 Å². The first-order chi connectivity index (χ1) is 21.3. The van der Waals surface area contributed by atoms with Crippen LogP contribution in [0.1, 0.15) is 49.7 Å². The Morgan fingerprint density at radius 1 is 1.00 bits per heavy atom. The van der Waals surface area contributed by atoms with Crippen LogP contribution < -0.4 is 9.80 Å². The number of aryl methyl sites for hydroxylation is 2. The molecule has 2 aromatic rings. The zero-order valence-corrected chi connectivity index (χ0v) is 26.0. The van der Waals surface area contributed by atoms with E-state index >= 15 is 0 Å². The molecule has 0 aliphatic carbocycles. The number of unbranched alkanes of at least 4 members (excludes halogenated alkanes) is 3. The molecule has 0 radical (unpaired) electrons. The Balaban J connectivity index is 1.54. The summed E-state index contributed by atoms with van der Waals surface area (Å²) in [5.74, 6) is -2.00. The van der Waals surface area contributed by atoms with E-state index in [4.69, 9.17) is 4.74 Å². The van der Waals surface area contributed by atoms with E-state index in [9.17, 15) is 19.5 Å². The fourth-order valence-corrected chi connectivity index (χ4v) is 7.54. The minimum atomic E-state index is -1.09. The number of aliphatic hydroxyl groups is 1. The summed E-state index contributed by atoms with van der Waals surface area (Å²) in [4.78, 5) is 48.8. The number of carbonyl (C=O) groups is 3. The molecule has 3 amide bonds. The summed E-state index contributed by atoms with van der Waals surface area (Å²) in [5, 5.41) is 9.24. The molecule has 5 atom stereocenters. The van der Waals surface area contributed by atoms with Crippen LogP contribution in [0.4, 0.5) is 11.4 Å². The summed E-state index contributed by atoms with van der Waals surface area (Å²) in [6.45, 7) is 12.9. The molecular formula is C36H45N3O5. The van der Waals surface area contributed by atoms with Gasteiger partial charge in [-0.1, -0.05) is 55.3 Å². The van der Waals surface area contributed by atoms with Crippen molar-refractivity contribution < 1.29 is 24.2 Å². The van der Waals surface area contributed by atoms with Gasteiger partial charge in [-0.15, -0.1) is 13.2 Å². The first-order valence-electron chi connectivity index (χ1n) is 15.8. The smallest absolute Gasteiger partial charge is 0.253 e. The molecule has 2 bridgehead atoms. The van der Waals surface area contributed by atoms with Gasteiger partial charge in [-0.05, 0) is 68.9 Å². The van der Waals surface area contributed by atoms with Crippen LogP contribution in [-0.4, -0.2) is 71.7 Å². The van der Waals surface area contributed by atoms with Crippen LogP contribution in [0.3, 0.4) is 0 Å². The Morgan fingerprint density at radius 2 is 1.70 bits per heavy atom. The monoisotopic (exact) mass is 599 g/mol. The number of carbonyl (C=O) groups excluding carboxylic acids is 3. The van der Waals surface area contributed by atoms with Crippen molar-refractivity contribution in [2.24, 2.45) is 11.8 Å². The highest BCUT2D eigenvalue weighted by molar-refractivity contribution is 6.06. The molecule has 5 rings (SSSR count). The lowest BCUT2D eigenvalue weighted by Gasteiger charge is -2.37. The topological polar surface area (TPSA) is 90.4 Å². The maximum Gasteiger partial charge on any atom is 0.253 e. The third-order valence-corrected chi connectivity index (χ3v) is 9.51. The predicted octanol–water partition coefficient (Wildman–Crippen LogP) is 4.97. The Kier molecular flexibility index (Phi) is 9.71. The lowest BCUT2D eigenvalue weighted by atomic mass is 9.70. The number of anilines is 2. The fourth-order valence-electron chi connectivity index (χ4n) is 7.54. The SMILES string of the molecule is C=CCN(C(=O)[C@@H]1[C@@H]2CCC3(O2)C(C(=O)N(CC=C)c2cc(C)ccc2C)N(CCCCCCO)C(=O)[C@H]13)c1ccccc1. The summed E-state index contributed by atoms with van der Waals surface area (Å²) in [7, 11) is 0. The van der Waals surface area contributed by atoms with E-state index in [0.29, 0.717) is 38.8 Å². The molecule has 3 heterocycles. The van der Waals surface area contributed by atoms with E-state index in [0.717, 1.165) is 35.3 Å². The van der Waals surface area contributed by atoms with Gasteiger partial charge < -0.3 is 24.5 Å². The van der Waals surface area contributed by atoms with Crippen molar-refractivity contribution in [1.29, 1.82) is 0 Å². The number of aliphatic hydroxyl groups excluding tert-OH is 1. The largest absolute Gasteiger partial charge is 0.396 e. The van der Waals surface area contributed by atoms with Crippen LogP contribution in [0, 0.1) is 25.7 Å². The molecule has 3 fully saturated rings. The van der Waals surface area contributed by atoms with Gasteiger partial charge in [0.2, 0.25) is 11.8 Å². The number of benzene rings is 2. The van der Waals surface area contributed by atoms with Crippen molar-refractivity contribution in [1.82, 2.24) is 4.90 Å². The minimum absolute atomic E-state index is 0.128. The van der Waals surface area contributed by atoms with Gasteiger partial charge in [0.15, 0.2) is 0 Å². The lowest BCUT2D eigenvalue weighted by molar-refractivity contribution is -0.140. The van der Waals surface area contributed by atoms with Crippen molar-refractivity contribution in [3.8, 4) is 0 Å². The molecule has 44 heavy (non-hydrogen) atoms. The molecule has 1 N–H and O–H groups in total. The predicted molar refractivity (Wildman–Crippen MR) is 172 cm³/mol. The molecule has 3 aliphatic rings. The fraction of sp³-hybridized carbons (Fsp3) is 0.472. The van der Waals surface area contributed by atoms with E-state index in [2.05, 4.69) is 13.2 Å². The maximum absolute atomic E-state index is 14.8. The van der Waals surface area contributed by atoms with Crippen LogP contribution in [0.5, 0.6) is 0 Å². The van der Waals surface area contributed by atoms with Crippen molar-refractivity contribution in [2.45, 2.75) is 70.1 Å². The number of para-hydroxylation sites is 1. The Bertz CT molecular complexity index is 1390.